The van der Waals surface area contributed by atoms with Crippen LogP contribution in [-0.2, 0) is 24.2 Å². The number of anilines is 1. The highest BCUT2D eigenvalue weighted by atomic mass is 32.2. The molecule has 0 radical (unpaired) electrons. The number of hydrogen-bond acceptors (Lipinski definition) is 5. The van der Waals surface area contributed by atoms with Crippen molar-refractivity contribution in [3.8, 4) is 0 Å². The summed E-state index contributed by atoms with van der Waals surface area (Å²) in [4.78, 5) is 36.2. The first kappa shape index (κ1) is 19.2. The molecule has 0 fully saturated rings. The van der Waals surface area contributed by atoms with Crippen LogP contribution >= 0.6 is 11.8 Å². The molecule has 148 valence electrons. The molecular weight excluding hydrogens is 388 g/mol. The number of aryl methyl sites for hydroxylation is 2. The van der Waals surface area contributed by atoms with E-state index >= 15 is 0 Å². The van der Waals surface area contributed by atoms with E-state index in [1.165, 1.54) is 11.8 Å². The van der Waals surface area contributed by atoms with Gasteiger partial charge in [-0.3, -0.25) is 14.2 Å². The van der Waals surface area contributed by atoms with Crippen molar-refractivity contribution in [2.24, 2.45) is 0 Å². The van der Waals surface area contributed by atoms with Crippen molar-refractivity contribution in [3.63, 3.8) is 0 Å². The Hall–Kier alpha value is -3.13. The number of benzene rings is 2. The van der Waals surface area contributed by atoms with E-state index in [4.69, 9.17) is 0 Å². The SMILES string of the molecule is O=C1CCc2cc(C(=O)CSc3n[nH]c(=O)n3CCc3ccccc3)ccc2N1. The van der Waals surface area contributed by atoms with E-state index < -0.39 is 0 Å². The van der Waals surface area contributed by atoms with Gasteiger partial charge in [-0.25, -0.2) is 9.89 Å². The molecule has 1 amide bonds. The number of aromatic nitrogens is 3. The third-order valence-corrected chi connectivity index (χ3v) is 5.82. The lowest BCUT2D eigenvalue weighted by molar-refractivity contribution is -0.116. The molecule has 4 rings (SSSR count). The zero-order chi connectivity index (χ0) is 20.2. The Labute approximate surface area is 171 Å². The van der Waals surface area contributed by atoms with E-state index in [1.807, 2.05) is 36.4 Å². The molecule has 0 saturated heterocycles. The first-order valence-electron chi connectivity index (χ1n) is 9.38. The fourth-order valence-corrected chi connectivity index (χ4v) is 4.13. The molecule has 0 spiro atoms. The maximum absolute atomic E-state index is 12.6. The minimum Gasteiger partial charge on any atom is -0.326 e. The number of nitrogens with zero attached hydrogens (tertiary/aromatic N) is 2. The van der Waals surface area contributed by atoms with Gasteiger partial charge in [-0.15, -0.1) is 5.10 Å². The van der Waals surface area contributed by atoms with Crippen molar-refractivity contribution in [1.82, 2.24) is 14.8 Å². The molecule has 1 aliphatic rings. The first-order chi connectivity index (χ1) is 14.1. The van der Waals surface area contributed by atoms with E-state index in [0.717, 1.165) is 16.8 Å². The normalized spacial score (nSPS) is 13.0. The Morgan fingerprint density at radius 1 is 1.10 bits per heavy atom. The highest BCUT2D eigenvalue weighted by Gasteiger charge is 2.18. The smallest absolute Gasteiger partial charge is 0.326 e. The number of carbonyl (C=O) groups excluding carboxylic acids is 2. The van der Waals surface area contributed by atoms with Gasteiger partial charge >= 0.3 is 5.69 Å². The van der Waals surface area contributed by atoms with Gasteiger partial charge in [0.15, 0.2) is 10.9 Å². The molecule has 1 aliphatic heterocycles. The second kappa shape index (κ2) is 8.48. The molecule has 0 saturated carbocycles. The third-order valence-electron chi connectivity index (χ3n) is 4.85. The number of hydrogen-bond donors (Lipinski definition) is 2. The number of nitrogens with one attached hydrogen (secondary N) is 2. The lowest BCUT2D eigenvalue weighted by atomic mass is 9.99. The van der Waals surface area contributed by atoms with E-state index in [-0.39, 0.29) is 23.1 Å². The van der Waals surface area contributed by atoms with Crippen molar-refractivity contribution in [2.75, 3.05) is 11.1 Å². The van der Waals surface area contributed by atoms with Crippen LogP contribution in [0.5, 0.6) is 0 Å². The summed E-state index contributed by atoms with van der Waals surface area (Å²) in [5, 5.41) is 9.85. The topological polar surface area (TPSA) is 96.8 Å². The predicted octanol–water partition coefficient (Wildman–Crippen LogP) is 2.67. The second-order valence-electron chi connectivity index (χ2n) is 6.83. The fourth-order valence-electron chi connectivity index (χ4n) is 3.27. The van der Waals surface area contributed by atoms with E-state index in [2.05, 4.69) is 15.5 Å². The number of amides is 1. The molecule has 8 heteroatoms. The Bertz CT molecular complexity index is 1100. The summed E-state index contributed by atoms with van der Waals surface area (Å²) in [6.45, 7) is 0.494. The van der Waals surface area contributed by atoms with Gasteiger partial charge in [0.1, 0.15) is 0 Å². The van der Waals surface area contributed by atoms with Crippen LogP contribution < -0.4 is 11.0 Å². The molecule has 0 atom stereocenters. The zero-order valence-electron chi connectivity index (χ0n) is 15.7. The van der Waals surface area contributed by atoms with Crippen molar-refractivity contribution >= 4 is 29.1 Å². The molecule has 2 heterocycles. The summed E-state index contributed by atoms with van der Waals surface area (Å²) in [5.41, 5.74) is 3.20. The van der Waals surface area contributed by atoms with Gasteiger partial charge in [0, 0.05) is 24.2 Å². The Morgan fingerprint density at radius 3 is 2.76 bits per heavy atom. The van der Waals surface area contributed by atoms with Crippen LogP contribution in [0.25, 0.3) is 0 Å². The lowest BCUT2D eigenvalue weighted by Crippen LogP contribution is -2.20. The average Bonchev–Trinajstić information content (AvgIpc) is 3.10. The van der Waals surface area contributed by atoms with Crippen LogP contribution in [-0.4, -0.2) is 32.2 Å². The van der Waals surface area contributed by atoms with Gasteiger partial charge in [0.05, 0.1) is 5.75 Å². The number of H-pyrrole nitrogens is 1. The molecule has 0 aliphatic carbocycles. The van der Waals surface area contributed by atoms with Crippen molar-refractivity contribution in [1.29, 1.82) is 0 Å². The average molecular weight is 408 g/mol. The standard InChI is InChI=1S/C21H20N4O3S/c26-18(16-6-8-17-15(12-16)7-9-19(27)22-17)13-29-21-24-23-20(28)25(21)11-10-14-4-2-1-3-5-14/h1-6,8,12H,7,9-11,13H2,(H,22,27)(H,23,28). The largest absolute Gasteiger partial charge is 0.343 e. The lowest BCUT2D eigenvalue weighted by Gasteiger charge is -2.17. The summed E-state index contributed by atoms with van der Waals surface area (Å²) in [6, 6.07) is 15.2. The number of ketones is 1. The van der Waals surface area contributed by atoms with Crippen LogP contribution in [0, 0.1) is 0 Å². The number of carbonyl (C=O) groups is 2. The number of fused-ring (bicyclic) bond motifs is 1. The third kappa shape index (κ3) is 4.48. The second-order valence-corrected chi connectivity index (χ2v) is 7.77. The maximum Gasteiger partial charge on any atom is 0.343 e. The van der Waals surface area contributed by atoms with Gasteiger partial charge in [-0.1, -0.05) is 42.1 Å². The molecule has 2 N–H and O–H groups in total. The molecule has 0 unspecified atom stereocenters. The van der Waals surface area contributed by atoms with E-state index in [9.17, 15) is 14.4 Å². The number of Topliss-reactive ketones (excluding diaryl/α,β-unsaturated/α-hetero) is 1. The molecular formula is C21H20N4O3S. The minimum atomic E-state index is -0.277. The number of aromatic amines is 1. The number of rotatable bonds is 7. The van der Waals surface area contributed by atoms with Crippen molar-refractivity contribution < 1.29 is 9.59 Å². The fraction of sp³-hybridized carbons (Fsp3) is 0.238. The summed E-state index contributed by atoms with van der Waals surface area (Å²) >= 11 is 1.25. The first-order valence-corrected chi connectivity index (χ1v) is 10.4. The maximum atomic E-state index is 12.6. The van der Waals surface area contributed by atoms with Crippen LogP contribution in [0.3, 0.4) is 0 Å². The summed E-state index contributed by atoms with van der Waals surface area (Å²) in [5.74, 6) is 0.139. The van der Waals surface area contributed by atoms with E-state index in [1.54, 1.807) is 16.7 Å². The van der Waals surface area contributed by atoms with Crippen molar-refractivity contribution in [3.05, 3.63) is 75.7 Å². The Morgan fingerprint density at radius 2 is 1.93 bits per heavy atom. The Kier molecular flexibility index (Phi) is 5.62. The quantitative estimate of drug-likeness (QED) is 0.463. The van der Waals surface area contributed by atoms with Gasteiger partial charge in [-0.2, -0.15) is 0 Å². The number of thioether (sulfide) groups is 1. The van der Waals surface area contributed by atoms with Gasteiger partial charge in [-0.05, 0) is 42.2 Å². The van der Waals surface area contributed by atoms with E-state index in [0.29, 0.717) is 36.5 Å². The molecule has 7 nitrogen and oxygen atoms in total. The van der Waals surface area contributed by atoms with Crippen LogP contribution in [0.15, 0.2) is 58.5 Å². The van der Waals surface area contributed by atoms with Crippen LogP contribution in [0.1, 0.15) is 27.9 Å². The highest BCUT2D eigenvalue weighted by Crippen LogP contribution is 2.25. The summed E-state index contributed by atoms with van der Waals surface area (Å²) < 4.78 is 1.56. The van der Waals surface area contributed by atoms with Crippen LogP contribution in [0.4, 0.5) is 5.69 Å². The van der Waals surface area contributed by atoms with Crippen molar-refractivity contribution in [2.45, 2.75) is 31.0 Å². The molecule has 3 aromatic rings. The van der Waals surface area contributed by atoms with Gasteiger partial charge in [0.25, 0.3) is 0 Å². The molecule has 29 heavy (non-hydrogen) atoms. The van der Waals surface area contributed by atoms with Crippen LogP contribution in [0.2, 0.25) is 0 Å². The minimum absolute atomic E-state index is 0.000798. The predicted molar refractivity (Wildman–Crippen MR) is 111 cm³/mol. The van der Waals surface area contributed by atoms with Gasteiger partial charge < -0.3 is 5.32 Å². The highest BCUT2D eigenvalue weighted by molar-refractivity contribution is 7.99. The Balaban J connectivity index is 1.41. The molecule has 0 bridgehead atoms. The monoisotopic (exact) mass is 408 g/mol. The summed E-state index contributed by atoms with van der Waals surface area (Å²) in [6.07, 6.45) is 1.77. The molecule has 2 aromatic carbocycles. The van der Waals surface area contributed by atoms with Gasteiger partial charge in [0.2, 0.25) is 5.91 Å². The zero-order valence-corrected chi connectivity index (χ0v) is 16.5. The molecule has 1 aromatic heterocycles. The summed E-state index contributed by atoms with van der Waals surface area (Å²) in [7, 11) is 0.